The Kier molecular flexibility index (Phi) is 3.63. The molecule has 1 saturated carbocycles. The van der Waals surface area contributed by atoms with E-state index in [-0.39, 0.29) is 11.8 Å². The highest BCUT2D eigenvalue weighted by Crippen LogP contribution is 2.33. The molecular weight excluding hydrogens is 294 g/mol. The minimum absolute atomic E-state index is 0.0372. The van der Waals surface area contributed by atoms with Crippen LogP contribution in [0.25, 0.3) is 11.6 Å². The van der Waals surface area contributed by atoms with Crippen molar-refractivity contribution >= 4 is 5.91 Å². The lowest BCUT2D eigenvalue weighted by Crippen LogP contribution is -2.37. The van der Waals surface area contributed by atoms with Crippen LogP contribution < -0.4 is 0 Å². The van der Waals surface area contributed by atoms with Gasteiger partial charge >= 0.3 is 0 Å². The predicted octanol–water partition coefficient (Wildman–Crippen LogP) is 2.12. The molecule has 4 rings (SSSR count). The minimum atomic E-state index is 0.0372. The quantitative estimate of drug-likeness (QED) is 0.867. The first-order valence-electron chi connectivity index (χ1n) is 8.34. The number of likely N-dealkylation sites (tertiary alicyclic amines) is 1. The van der Waals surface area contributed by atoms with Gasteiger partial charge in [-0.15, -0.1) is 0 Å². The zero-order valence-electron chi connectivity index (χ0n) is 13.3. The predicted molar refractivity (Wildman–Crippen MR) is 82.4 cm³/mol. The largest absolute Gasteiger partial charge is 0.339 e. The Morgan fingerprint density at radius 3 is 2.83 bits per heavy atom. The van der Waals surface area contributed by atoms with Gasteiger partial charge in [-0.2, -0.15) is 10.1 Å². The third-order valence-electron chi connectivity index (χ3n) is 5.02. The van der Waals surface area contributed by atoms with E-state index in [4.69, 9.17) is 4.52 Å². The second-order valence-corrected chi connectivity index (χ2v) is 6.54. The topological polar surface area (TPSA) is 77.1 Å². The molecule has 0 spiro atoms. The monoisotopic (exact) mass is 315 g/mol. The summed E-state index contributed by atoms with van der Waals surface area (Å²) in [5.41, 5.74) is 0.789. The molecule has 2 aromatic heterocycles. The Labute approximate surface area is 134 Å². The summed E-state index contributed by atoms with van der Waals surface area (Å²) in [5, 5.41) is 8.21. The van der Waals surface area contributed by atoms with E-state index in [0.717, 1.165) is 18.5 Å². The number of hydrogen-bond donors (Lipinski definition) is 0. The third-order valence-corrected chi connectivity index (χ3v) is 5.02. The van der Waals surface area contributed by atoms with Crippen LogP contribution in [0, 0.1) is 0 Å². The van der Waals surface area contributed by atoms with Crippen molar-refractivity contribution in [3.05, 3.63) is 18.1 Å². The van der Waals surface area contributed by atoms with E-state index in [1.54, 1.807) is 10.9 Å². The fourth-order valence-electron chi connectivity index (χ4n) is 3.74. The summed E-state index contributed by atoms with van der Waals surface area (Å²) in [6.45, 7) is 0.716. The molecular formula is C16H21N5O2. The van der Waals surface area contributed by atoms with Crippen LogP contribution in [0.2, 0.25) is 0 Å². The van der Waals surface area contributed by atoms with E-state index in [1.807, 2.05) is 18.0 Å². The Morgan fingerprint density at radius 1 is 1.26 bits per heavy atom. The lowest BCUT2D eigenvalue weighted by Gasteiger charge is -2.31. The molecule has 0 aromatic carbocycles. The molecule has 1 aliphatic heterocycles. The number of aromatic nitrogens is 4. The molecule has 1 atom stereocenters. The molecule has 1 aliphatic carbocycles. The van der Waals surface area contributed by atoms with Gasteiger partial charge in [-0.3, -0.25) is 9.48 Å². The van der Waals surface area contributed by atoms with Crippen molar-refractivity contribution in [2.24, 2.45) is 7.05 Å². The van der Waals surface area contributed by atoms with Gasteiger partial charge < -0.3 is 9.42 Å². The average Bonchev–Trinajstić information content (AvgIpc) is 3.27. The number of aryl methyl sites for hydroxylation is 1. The Morgan fingerprint density at radius 2 is 2.09 bits per heavy atom. The molecule has 2 aliphatic rings. The summed E-state index contributed by atoms with van der Waals surface area (Å²) in [7, 11) is 1.84. The zero-order valence-corrected chi connectivity index (χ0v) is 13.3. The van der Waals surface area contributed by atoms with Crippen LogP contribution in [0.15, 0.2) is 16.8 Å². The van der Waals surface area contributed by atoms with Crippen molar-refractivity contribution in [1.82, 2.24) is 24.8 Å². The molecule has 2 fully saturated rings. The molecule has 0 N–H and O–H groups in total. The molecule has 1 unspecified atom stereocenters. The van der Waals surface area contributed by atoms with Crippen LogP contribution in [-0.2, 0) is 11.8 Å². The number of hydrogen-bond acceptors (Lipinski definition) is 5. The first kappa shape index (κ1) is 14.4. The van der Waals surface area contributed by atoms with E-state index >= 15 is 0 Å². The van der Waals surface area contributed by atoms with Gasteiger partial charge in [-0.25, -0.2) is 0 Å². The standard InChI is InChI=1S/C16H21N5O2/c1-20-13(7-8-17-20)16-18-15(19-23-16)11-9-14(22)21(10-11)12-5-3-2-4-6-12/h7-8,11-12H,2-6,9-10H2,1H3. The lowest BCUT2D eigenvalue weighted by atomic mass is 9.94. The van der Waals surface area contributed by atoms with Gasteiger partial charge in [0.25, 0.3) is 5.89 Å². The van der Waals surface area contributed by atoms with Crippen LogP contribution in [0.3, 0.4) is 0 Å². The van der Waals surface area contributed by atoms with E-state index in [9.17, 15) is 4.79 Å². The maximum Gasteiger partial charge on any atom is 0.276 e. The molecule has 0 radical (unpaired) electrons. The molecule has 1 saturated heterocycles. The Bertz CT molecular complexity index is 701. The first-order valence-corrected chi connectivity index (χ1v) is 8.34. The van der Waals surface area contributed by atoms with Gasteiger partial charge in [0.1, 0.15) is 5.69 Å². The second-order valence-electron chi connectivity index (χ2n) is 6.54. The summed E-state index contributed by atoms with van der Waals surface area (Å²) in [6.07, 6.45) is 8.19. The maximum absolute atomic E-state index is 12.4. The molecule has 1 amide bonds. The molecule has 122 valence electrons. The maximum atomic E-state index is 12.4. The number of nitrogens with zero attached hydrogens (tertiary/aromatic N) is 5. The van der Waals surface area contributed by atoms with Gasteiger partial charge in [0, 0.05) is 38.2 Å². The van der Waals surface area contributed by atoms with Gasteiger partial charge in [0.15, 0.2) is 5.82 Å². The molecule has 2 aromatic rings. The first-order chi connectivity index (χ1) is 11.2. The number of rotatable bonds is 3. The molecule has 3 heterocycles. The smallest absolute Gasteiger partial charge is 0.276 e. The molecule has 0 bridgehead atoms. The number of amides is 1. The molecule has 7 heteroatoms. The zero-order chi connectivity index (χ0) is 15.8. The van der Waals surface area contributed by atoms with Crippen molar-refractivity contribution in [2.45, 2.75) is 50.5 Å². The Hall–Kier alpha value is -2.18. The van der Waals surface area contributed by atoms with Crippen molar-refractivity contribution in [2.75, 3.05) is 6.54 Å². The van der Waals surface area contributed by atoms with E-state index in [1.165, 1.54) is 19.3 Å². The van der Waals surface area contributed by atoms with Gasteiger partial charge in [-0.1, -0.05) is 24.4 Å². The fourth-order valence-corrected chi connectivity index (χ4v) is 3.74. The summed E-state index contributed by atoms with van der Waals surface area (Å²) in [4.78, 5) is 18.9. The summed E-state index contributed by atoms with van der Waals surface area (Å²) < 4.78 is 7.07. The highest BCUT2D eigenvalue weighted by Gasteiger charge is 2.37. The highest BCUT2D eigenvalue weighted by atomic mass is 16.5. The average molecular weight is 315 g/mol. The van der Waals surface area contributed by atoms with Crippen molar-refractivity contribution in [3.63, 3.8) is 0 Å². The van der Waals surface area contributed by atoms with Crippen LogP contribution in [0.4, 0.5) is 0 Å². The van der Waals surface area contributed by atoms with Crippen molar-refractivity contribution < 1.29 is 9.32 Å². The van der Waals surface area contributed by atoms with Gasteiger partial charge in [0.05, 0.1) is 0 Å². The second kappa shape index (κ2) is 5.79. The fraction of sp³-hybridized carbons (Fsp3) is 0.625. The molecule has 23 heavy (non-hydrogen) atoms. The van der Waals surface area contributed by atoms with Crippen molar-refractivity contribution in [3.8, 4) is 11.6 Å². The SMILES string of the molecule is Cn1nccc1-c1nc(C2CC(=O)N(C3CCCCC3)C2)no1. The number of carbonyl (C=O) groups excluding carboxylic acids is 1. The van der Waals surface area contributed by atoms with Crippen LogP contribution >= 0.6 is 0 Å². The minimum Gasteiger partial charge on any atom is -0.339 e. The summed E-state index contributed by atoms with van der Waals surface area (Å²) >= 11 is 0. The molecule has 7 nitrogen and oxygen atoms in total. The van der Waals surface area contributed by atoms with Crippen molar-refractivity contribution in [1.29, 1.82) is 0 Å². The van der Waals surface area contributed by atoms with Gasteiger partial charge in [-0.05, 0) is 18.9 Å². The Balaban J connectivity index is 1.50. The van der Waals surface area contributed by atoms with E-state index < -0.39 is 0 Å². The number of carbonyl (C=O) groups is 1. The normalized spacial score (nSPS) is 22.9. The van der Waals surface area contributed by atoms with Gasteiger partial charge in [0.2, 0.25) is 5.91 Å². The van der Waals surface area contributed by atoms with Crippen LogP contribution in [0.5, 0.6) is 0 Å². The van der Waals surface area contributed by atoms with E-state index in [0.29, 0.717) is 30.7 Å². The van der Waals surface area contributed by atoms with E-state index in [2.05, 4.69) is 15.2 Å². The van der Waals surface area contributed by atoms with Crippen LogP contribution in [0.1, 0.15) is 50.3 Å². The highest BCUT2D eigenvalue weighted by molar-refractivity contribution is 5.80. The van der Waals surface area contributed by atoms with Crippen LogP contribution in [-0.4, -0.2) is 43.3 Å². The summed E-state index contributed by atoms with van der Waals surface area (Å²) in [6, 6.07) is 2.25. The lowest BCUT2D eigenvalue weighted by molar-refractivity contribution is -0.130. The summed E-state index contributed by atoms with van der Waals surface area (Å²) in [5.74, 6) is 1.36. The third kappa shape index (κ3) is 2.64.